The highest BCUT2D eigenvalue weighted by molar-refractivity contribution is 7.17. The number of hydrogen-bond donors (Lipinski definition) is 2. The molecule has 0 aromatic carbocycles. The normalized spacial score (nSPS) is 14.2. The number of aromatic amines is 1. The predicted octanol–water partition coefficient (Wildman–Crippen LogP) is 1.77. The number of H-pyrrole nitrogens is 1. The summed E-state index contributed by atoms with van der Waals surface area (Å²) in [5.41, 5.74) is 3.85. The van der Waals surface area contributed by atoms with Gasteiger partial charge >= 0.3 is 0 Å². The van der Waals surface area contributed by atoms with Crippen LogP contribution in [-0.4, -0.2) is 25.7 Å². The smallest absolute Gasteiger partial charge is 0.271 e. The number of aryl methyl sites for hydroxylation is 1. The molecular formula is C17H19N5O2S. The summed E-state index contributed by atoms with van der Waals surface area (Å²) in [5, 5.41) is 12.1. The van der Waals surface area contributed by atoms with Crippen LogP contribution in [0.15, 0.2) is 22.6 Å². The highest BCUT2D eigenvalue weighted by Gasteiger charge is 2.16. The molecule has 3 heterocycles. The van der Waals surface area contributed by atoms with Crippen molar-refractivity contribution < 1.29 is 4.79 Å². The van der Waals surface area contributed by atoms with Gasteiger partial charge in [-0.1, -0.05) is 6.42 Å². The van der Waals surface area contributed by atoms with E-state index in [1.165, 1.54) is 46.3 Å². The van der Waals surface area contributed by atoms with E-state index in [4.69, 9.17) is 0 Å². The van der Waals surface area contributed by atoms with Gasteiger partial charge in [0.25, 0.3) is 5.56 Å². The standard InChI is InChI=1S/C17H19N5O2S/c23-15(9-22-10-19-13-6-7-25-16(13)17(22)24)18-8-14-11-4-2-1-3-5-12(11)20-21-14/h6-7,10H,1-5,8-9H2,(H,18,23)(H,20,21). The second-order valence-corrected chi connectivity index (χ2v) is 7.19. The number of rotatable bonds is 4. The summed E-state index contributed by atoms with van der Waals surface area (Å²) in [4.78, 5) is 28.8. The Morgan fingerprint density at radius 3 is 3.12 bits per heavy atom. The van der Waals surface area contributed by atoms with Crippen LogP contribution in [0.3, 0.4) is 0 Å². The number of aromatic nitrogens is 4. The molecule has 0 radical (unpaired) electrons. The third-order valence-electron chi connectivity index (χ3n) is 4.59. The fourth-order valence-electron chi connectivity index (χ4n) is 3.26. The van der Waals surface area contributed by atoms with Gasteiger partial charge in [-0.3, -0.25) is 19.3 Å². The van der Waals surface area contributed by atoms with E-state index in [1.807, 2.05) is 5.38 Å². The maximum Gasteiger partial charge on any atom is 0.271 e. The molecule has 1 aliphatic carbocycles. The van der Waals surface area contributed by atoms with E-state index in [-0.39, 0.29) is 18.0 Å². The fourth-order valence-corrected chi connectivity index (χ4v) is 4.05. The zero-order valence-corrected chi connectivity index (χ0v) is 14.6. The van der Waals surface area contributed by atoms with Crippen LogP contribution in [0.4, 0.5) is 0 Å². The molecule has 0 unspecified atom stereocenters. The third-order valence-corrected chi connectivity index (χ3v) is 5.49. The molecule has 0 aliphatic heterocycles. The Morgan fingerprint density at radius 2 is 2.20 bits per heavy atom. The Balaban J connectivity index is 1.43. The Kier molecular flexibility index (Phi) is 4.35. The first-order valence-corrected chi connectivity index (χ1v) is 9.34. The van der Waals surface area contributed by atoms with Gasteiger partial charge in [0.15, 0.2) is 0 Å². The molecule has 1 amide bonds. The molecule has 2 N–H and O–H groups in total. The number of hydrogen-bond acceptors (Lipinski definition) is 5. The number of carbonyl (C=O) groups is 1. The van der Waals surface area contributed by atoms with E-state index >= 15 is 0 Å². The second kappa shape index (κ2) is 6.79. The number of carbonyl (C=O) groups excluding carboxylic acids is 1. The highest BCUT2D eigenvalue weighted by atomic mass is 32.1. The number of thiophene rings is 1. The molecule has 0 spiro atoms. The largest absolute Gasteiger partial charge is 0.349 e. The number of fused-ring (bicyclic) bond motifs is 2. The quantitative estimate of drug-likeness (QED) is 0.696. The third kappa shape index (κ3) is 3.21. The molecule has 7 nitrogen and oxygen atoms in total. The molecule has 0 saturated heterocycles. The van der Waals surface area contributed by atoms with Crippen molar-refractivity contribution in [3.8, 4) is 0 Å². The Hall–Kier alpha value is -2.48. The highest BCUT2D eigenvalue weighted by Crippen LogP contribution is 2.21. The molecular weight excluding hydrogens is 338 g/mol. The SMILES string of the molecule is O=C(Cn1cnc2ccsc2c1=O)NCc1n[nH]c2c1CCCCC2. The molecule has 1 aliphatic rings. The lowest BCUT2D eigenvalue weighted by Gasteiger charge is -2.07. The minimum absolute atomic E-state index is 0.0354. The Labute approximate surface area is 148 Å². The first kappa shape index (κ1) is 16.0. The lowest BCUT2D eigenvalue weighted by Crippen LogP contribution is -2.32. The van der Waals surface area contributed by atoms with Crippen LogP contribution in [0.25, 0.3) is 10.2 Å². The van der Waals surface area contributed by atoms with Crippen LogP contribution in [-0.2, 0) is 30.7 Å². The fraction of sp³-hybridized carbons (Fsp3) is 0.412. The first-order chi connectivity index (χ1) is 12.2. The minimum atomic E-state index is -0.217. The zero-order chi connectivity index (χ0) is 17.2. The average Bonchev–Trinajstić information content (AvgIpc) is 3.17. The second-order valence-electron chi connectivity index (χ2n) is 6.28. The summed E-state index contributed by atoms with van der Waals surface area (Å²) in [7, 11) is 0. The van der Waals surface area contributed by atoms with Gasteiger partial charge in [0, 0.05) is 5.69 Å². The topological polar surface area (TPSA) is 92.7 Å². The van der Waals surface area contributed by atoms with E-state index in [0.29, 0.717) is 16.8 Å². The van der Waals surface area contributed by atoms with E-state index in [1.54, 1.807) is 6.07 Å². The van der Waals surface area contributed by atoms with Gasteiger partial charge in [0.1, 0.15) is 11.2 Å². The van der Waals surface area contributed by atoms with Crippen LogP contribution in [0.1, 0.15) is 36.2 Å². The molecule has 0 saturated carbocycles. The summed E-state index contributed by atoms with van der Waals surface area (Å²) in [6, 6.07) is 1.80. The Bertz CT molecular complexity index is 971. The summed E-state index contributed by atoms with van der Waals surface area (Å²) >= 11 is 1.34. The summed E-state index contributed by atoms with van der Waals surface area (Å²) in [6.45, 7) is 0.348. The number of nitrogens with zero attached hydrogens (tertiary/aromatic N) is 3. The monoisotopic (exact) mass is 357 g/mol. The van der Waals surface area contributed by atoms with Gasteiger partial charge in [-0.05, 0) is 42.7 Å². The van der Waals surface area contributed by atoms with Gasteiger partial charge in [-0.25, -0.2) is 4.98 Å². The van der Waals surface area contributed by atoms with Crippen molar-refractivity contribution in [2.24, 2.45) is 0 Å². The average molecular weight is 357 g/mol. The van der Waals surface area contributed by atoms with Crippen molar-refractivity contribution in [1.82, 2.24) is 25.1 Å². The molecule has 8 heteroatoms. The minimum Gasteiger partial charge on any atom is -0.349 e. The zero-order valence-electron chi connectivity index (χ0n) is 13.7. The van der Waals surface area contributed by atoms with E-state index in [2.05, 4.69) is 20.5 Å². The molecule has 0 fully saturated rings. The first-order valence-electron chi connectivity index (χ1n) is 8.46. The van der Waals surface area contributed by atoms with Gasteiger partial charge in [0.05, 0.1) is 24.1 Å². The number of amides is 1. The summed E-state index contributed by atoms with van der Waals surface area (Å²) in [5.74, 6) is -0.217. The summed E-state index contributed by atoms with van der Waals surface area (Å²) in [6.07, 6.45) is 7.04. The maximum absolute atomic E-state index is 12.3. The van der Waals surface area contributed by atoms with Gasteiger partial charge < -0.3 is 5.32 Å². The van der Waals surface area contributed by atoms with E-state index in [9.17, 15) is 9.59 Å². The van der Waals surface area contributed by atoms with Gasteiger partial charge in [-0.2, -0.15) is 5.10 Å². The summed E-state index contributed by atoms with van der Waals surface area (Å²) < 4.78 is 1.92. The molecule has 3 aromatic rings. The molecule has 4 rings (SSSR count). The van der Waals surface area contributed by atoms with Crippen LogP contribution >= 0.6 is 11.3 Å². The van der Waals surface area contributed by atoms with Crippen molar-refractivity contribution >= 4 is 27.5 Å². The molecule has 25 heavy (non-hydrogen) atoms. The van der Waals surface area contributed by atoms with Crippen LogP contribution < -0.4 is 10.9 Å². The Morgan fingerprint density at radius 1 is 1.32 bits per heavy atom. The van der Waals surface area contributed by atoms with Crippen molar-refractivity contribution in [2.45, 2.75) is 45.2 Å². The van der Waals surface area contributed by atoms with Crippen LogP contribution in [0, 0.1) is 0 Å². The van der Waals surface area contributed by atoms with Crippen molar-refractivity contribution in [1.29, 1.82) is 0 Å². The lowest BCUT2D eigenvalue weighted by atomic mass is 10.1. The van der Waals surface area contributed by atoms with Crippen molar-refractivity contribution in [3.05, 3.63) is 45.1 Å². The predicted molar refractivity (Wildman–Crippen MR) is 95.6 cm³/mol. The van der Waals surface area contributed by atoms with Crippen molar-refractivity contribution in [3.63, 3.8) is 0 Å². The molecule has 130 valence electrons. The van der Waals surface area contributed by atoms with Crippen LogP contribution in [0.5, 0.6) is 0 Å². The molecule has 0 atom stereocenters. The van der Waals surface area contributed by atoms with Gasteiger partial charge in [-0.15, -0.1) is 11.3 Å². The molecule has 3 aromatic heterocycles. The van der Waals surface area contributed by atoms with E-state index < -0.39 is 0 Å². The number of nitrogens with one attached hydrogen (secondary N) is 2. The van der Waals surface area contributed by atoms with E-state index in [0.717, 1.165) is 25.0 Å². The van der Waals surface area contributed by atoms with Crippen molar-refractivity contribution in [2.75, 3.05) is 0 Å². The maximum atomic E-state index is 12.3. The molecule has 0 bridgehead atoms. The van der Waals surface area contributed by atoms with Gasteiger partial charge in [0.2, 0.25) is 5.91 Å². The van der Waals surface area contributed by atoms with Crippen LogP contribution in [0.2, 0.25) is 0 Å². The lowest BCUT2D eigenvalue weighted by molar-refractivity contribution is -0.121.